The molecule has 27 heavy (non-hydrogen) atoms. The number of nitrogens with one attached hydrogen (secondary N) is 1. The molecule has 6 nitrogen and oxygen atoms in total. The molecule has 154 valence electrons. The Morgan fingerprint density at radius 2 is 2.07 bits per heavy atom. The lowest BCUT2D eigenvalue weighted by Crippen LogP contribution is -2.46. The molecular weight excluding hydrogens is 464 g/mol. The second-order valence-corrected chi connectivity index (χ2v) is 6.39. The summed E-state index contributed by atoms with van der Waals surface area (Å²) in [5, 5.41) is 12.5. The first-order valence-corrected chi connectivity index (χ1v) is 9.12. The number of methoxy groups -OCH3 is 1. The smallest absolute Gasteiger partial charge is 0.193 e. The van der Waals surface area contributed by atoms with Crippen LogP contribution in [-0.2, 0) is 22.6 Å². The molecule has 1 fully saturated rings. The van der Waals surface area contributed by atoms with Crippen LogP contribution in [0.5, 0.6) is 0 Å². The van der Waals surface area contributed by atoms with Gasteiger partial charge in [-0.2, -0.15) is 0 Å². The van der Waals surface area contributed by atoms with Crippen molar-refractivity contribution in [3.05, 3.63) is 35.1 Å². The molecule has 2 rings (SSSR count). The maximum atomic E-state index is 13.5. The van der Waals surface area contributed by atoms with E-state index in [1.54, 1.807) is 26.3 Å². The highest BCUT2D eigenvalue weighted by molar-refractivity contribution is 14.0. The highest BCUT2D eigenvalue weighted by Crippen LogP contribution is 2.15. The van der Waals surface area contributed by atoms with E-state index in [0.29, 0.717) is 18.2 Å². The van der Waals surface area contributed by atoms with Gasteiger partial charge in [-0.15, -0.1) is 24.0 Å². The summed E-state index contributed by atoms with van der Waals surface area (Å²) in [5.74, 6) is 0.450. The van der Waals surface area contributed by atoms with Crippen molar-refractivity contribution >= 4 is 29.9 Å². The third-order valence-electron chi connectivity index (χ3n) is 4.53. The van der Waals surface area contributed by atoms with E-state index in [1.165, 1.54) is 6.07 Å². The van der Waals surface area contributed by atoms with E-state index in [4.69, 9.17) is 9.47 Å². The molecule has 0 saturated carbocycles. The van der Waals surface area contributed by atoms with Gasteiger partial charge < -0.3 is 24.8 Å². The number of hydrogen-bond acceptors (Lipinski definition) is 4. The van der Waals surface area contributed by atoms with E-state index in [0.717, 1.165) is 57.1 Å². The van der Waals surface area contributed by atoms with Crippen molar-refractivity contribution in [2.45, 2.75) is 38.5 Å². The van der Waals surface area contributed by atoms with Gasteiger partial charge in [0, 0.05) is 52.6 Å². The molecule has 0 amide bonds. The van der Waals surface area contributed by atoms with Crippen LogP contribution in [0.15, 0.2) is 23.2 Å². The summed E-state index contributed by atoms with van der Waals surface area (Å²) in [6.07, 6.45) is 3.16. The van der Waals surface area contributed by atoms with Crippen LogP contribution < -0.4 is 5.32 Å². The number of aliphatic imine (C=N–C) groups is 1. The second kappa shape index (κ2) is 13.2. The van der Waals surface area contributed by atoms with Crippen molar-refractivity contribution in [1.82, 2.24) is 10.2 Å². The molecule has 0 spiro atoms. The number of benzene rings is 1. The molecule has 1 aromatic rings. The number of nitrogens with zero attached hydrogens (tertiary/aromatic N) is 2. The van der Waals surface area contributed by atoms with Crippen LogP contribution in [0.1, 0.15) is 30.4 Å². The summed E-state index contributed by atoms with van der Waals surface area (Å²) in [4.78, 5) is 6.56. The predicted molar refractivity (Wildman–Crippen MR) is 115 cm³/mol. The Balaban J connectivity index is 0.00000364. The van der Waals surface area contributed by atoms with Crippen LogP contribution in [-0.4, -0.2) is 62.5 Å². The van der Waals surface area contributed by atoms with Crippen molar-refractivity contribution in [3.63, 3.8) is 0 Å². The van der Waals surface area contributed by atoms with E-state index >= 15 is 0 Å². The van der Waals surface area contributed by atoms with E-state index in [1.807, 2.05) is 0 Å². The zero-order valence-corrected chi connectivity index (χ0v) is 18.4. The van der Waals surface area contributed by atoms with Gasteiger partial charge in [-0.25, -0.2) is 4.39 Å². The fourth-order valence-electron chi connectivity index (χ4n) is 3.06. The van der Waals surface area contributed by atoms with Gasteiger partial charge in [0.2, 0.25) is 0 Å². The molecule has 0 aromatic heterocycles. The summed E-state index contributed by atoms with van der Waals surface area (Å²) in [6, 6.07) is 4.78. The molecular formula is C19H31FIN3O3. The maximum Gasteiger partial charge on any atom is 0.193 e. The number of aliphatic hydroxyl groups excluding tert-OH is 1. The van der Waals surface area contributed by atoms with Crippen molar-refractivity contribution in [3.8, 4) is 0 Å². The number of aliphatic hydroxyl groups is 1. The highest BCUT2D eigenvalue weighted by Gasteiger charge is 2.21. The monoisotopic (exact) mass is 495 g/mol. The Labute approximate surface area is 178 Å². The second-order valence-electron chi connectivity index (χ2n) is 6.39. The Bertz CT molecular complexity index is 581. The Hall–Kier alpha value is -0.970. The molecule has 1 aliphatic rings. The van der Waals surface area contributed by atoms with E-state index in [2.05, 4.69) is 15.2 Å². The number of halogens is 2. The molecule has 0 atom stereocenters. The predicted octanol–water partition coefficient (Wildman–Crippen LogP) is 2.53. The van der Waals surface area contributed by atoms with Gasteiger partial charge in [-0.05, 0) is 37.0 Å². The summed E-state index contributed by atoms with van der Waals surface area (Å²) < 4.78 is 24.4. The van der Waals surface area contributed by atoms with Crippen LogP contribution in [0.4, 0.5) is 4.39 Å². The Morgan fingerprint density at radius 1 is 1.33 bits per heavy atom. The van der Waals surface area contributed by atoms with Gasteiger partial charge >= 0.3 is 0 Å². The molecule has 2 N–H and O–H groups in total. The van der Waals surface area contributed by atoms with Gasteiger partial charge in [0.15, 0.2) is 5.96 Å². The third kappa shape index (κ3) is 7.89. The molecule has 1 heterocycles. The van der Waals surface area contributed by atoms with Gasteiger partial charge in [-0.1, -0.05) is 6.07 Å². The van der Waals surface area contributed by atoms with Crippen LogP contribution in [0, 0.1) is 5.82 Å². The Kier molecular flexibility index (Phi) is 11.8. The summed E-state index contributed by atoms with van der Waals surface area (Å²) >= 11 is 0. The molecule has 1 aliphatic heterocycles. The van der Waals surface area contributed by atoms with Crippen LogP contribution >= 0.6 is 24.0 Å². The quantitative estimate of drug-likeness (QED) is 0.251. The van der Waals surface area contributed by atoms with Crippen LogP contribution in [0.3, 0.4) is 0 Å². The van der Waals surface area contributed by atoms with Crippen molar-refractivity contribution in [1.29, 1.82) is 0 Å². The number of rotatable bonds is 8. The lowest BCUT2D eigenvalue weighted by molar-refractivity contribution is 0.00989. The molecule has 8 heteroatoms. The zero-order chi connectivity index (χ0) is 18.8. The fourth-order valence-corrected chi connectivity index (χ4v) is 3.06. The summed E-state index contributed by atoms with van der Waals surface area (Å²) in [6.45, 7) is 3.49. The van der Waals surface area contributed by atoms with Crippen molar-refractivity contribution in [2.75, 3.05) is 40.5 Å². The average molecular weight is 495 g/mol. The third-order valence-corrected chi connectivity index (χ3v) is 4.53. The summed E-state index contributed by atoms with van der Waals surface area (Å²) in [7, 11) is 3.47. The van der Waals surface area contributed by atoms with Gasteiger partial charge in [-0.3, -0.25) is 4.99 Å². The lowest BCUT2D eigenvalue weighted by Gasteiger charge is -2.34. The molecule has 1 saturated heterocycles. The lowest BCUT2D eigenvalue weighted by atomic mass is 10.1. The molecule has 0 unspecified atom stereocenters. The zero-order valence-electron chi connectivity index (χ0n) is 16.1. The topological polar surface area (TPSA) is 66.3 Å². The molecule has 0 bridgehead atoms. The number of guanidine groups is 1. The van der Waals surface area contributed by atoms with E-state index in [9.17, 15) is 9.50 Å². The van der Waals surface area contributed by atoms with Crippen LogP contribution in [0.25, 0.3) is 0 Å². The minimum atomic E-state index is -0.381. The SMILES string of the molecule is CN=C(NCc1ccc(F)c(CO)c1)N1CCC(OCCCOC)CC1.I. The standard InChI is InChI=1S/C19H30FN3O3.HI/c1-21-19(22-13-15-4-5-18(20)16(12-15)14-24)23-8-6-17(7-9-23)26-11-3-10-25-2;/h4-5,12,17,24H,3,6-11,13-14H2,1-2H3,(H,21,22);1H. The maximum absolute atomic E-state index is 13.5. The normalized spacial score (nSPS) is 15.6. The van der Waals surface area contributed by atoms with Gasteiger partial charge in [0.05, 0.1) is 12.7 Å². The fraction of sp³-hybridized carbons (Fsp3) is 0.632. The molecule has 1 aromatic carbocycles. The van der Waals surface area contributed by atoms with Crippen LogP contribution in [0.2, 0.25) is 0 Å². The van der Waals surface area contributed by atoms with Gasteiger partial charge in [0.25, 0.3) is 0 Å². The van der Waals surface area contributed by atoms with Crippen molar-refractivity contribution < 1.29 is 19.0 Å². The first-order valence-electron chi connectivity index (χ1n) is 9.12. The number of piperidine rings is 1. The minimum Gasteiger partial charge on any atom is -0.392 e. The van der Waals surface area contributed by atoms with Crippen molar-refractivity contribution in [2.24, 2.45) is 4.99 Å². The number of likely N-dealkylation sites (tertiary alicyclic amines) is 1. The number of ether oxygens (including phenoxy) is 2. The van der Waals surface area contributed by atoms with E-state index < -0.39 is 0 Å². The molecule has 0 aliphatic carbocycles. The first kappa shape index (κ1) is 24.1. The highest BCUT2D eigenvalue weighted by atomic mass is 127. The van der Waals surface area contributed by atoms with Gasteiger partial charge in [0.1, 0.15) is 5.82 Å². The minimum absolute atomic E-state index is 0. The molecule has 0 radical (unpaired) electrons. The van der Waals surface area contributed by atoms with E-state index in [-0.39, 0.29) is 36.4 Å². The Morgan fingerprint density at radius 3 is 2.70 bits per heavy atom. The largest absolute Gasteiger partial charge is 0.392 e. The average Bonchev–Trinajstić information content (AvgIpc) is 2.68. The summed E-state index contributed by atoms with van der Waals surface area (Å²) in [5.41, 5.74) is 1.22. The first-order chi connectivity index (χ1) is 12.7. The number of hydrogen-bond donors (Lipinski definition) is 2.